The zero-order valence-electron chi connectivity index (χ0n) is 36.4. The molecule has 0 bridgehead atoms. The molecule has 4 N–H and O–H groups in total. The molecule has 62 heavy (non-hydrogen) atoms. The number of ether oxygens (including phenoxy) is 4. The minimum atomic E-state index is -0.554. The van der Waals surface area contributed by atoms with Crippen molar-refractivity contribution in [3.05, 3.63) is 101 Å². The minimum absolute atomic E-state index is 0.0593. The second-order valence-corrected chi connectivity index (χ2v) is 16.3. The van der Waals surface area contributed by atoms with Gasteiger partial charge < -0.3 is 40.2 Å². The van der Waals surface area contributed by atoms with E-state index in [2.05, 4.69) is 49.9 Å². The number of nitrogens with zero attached hydrogens (tertiary/aromatic N) is 6. The second kappa shape index (κ2) is 20.7. The first-order valence-corrected chi connectivity index (χ1v) is 21.0. The fraction of sp³-hybridized carbons (Fsp3) is 0.413. The van der Waals surface area contributed by atoms with Gasteiger partial charge in [0.2, 0.25) is 11.6 Å². The van der Waals surface area contributed by atoms with Gasteiger partial charge in [0.1, 0.15) is 22.7 Å². The molecule has 0 radical (unpaired) electrons. The highest BCUT2D eigenvalue weighted by Crippen LogP contribution is 2.37. The number of nitrogens with one attached hydrogen (secondary N) is 2. The summed E-state index contributed by atoms with van der Waals surface area (Å²) in [5.41, 5.74) is 9.57. The molecule has 16 heteroatoms. The molecule has 0 saturated carbocycles. The van der Waals surface area contributed by atoms with Crippen LogP contribution >= 0.6 is 0 Å². The molecular formula is C46H57N9O7. The maximum Gasteiger partial charge on any atom is 0.415 e. The smallest absolute Gasteiger partial charge is 0.415 e. The number of hydrogen-bond donors (Lipinski definition) is 3. The van der Waals surface area contributed by atoms with E-state index in [0.717, 1.165) is 43.3 Å². The first-order valence-electron chi connectivity index (χ1n) is 21.0. The van der Waals surface area contributed by atoms with Gasteiger partial charge in [-0.1, -0.05) is 36.4 Å². The van der Waals surface area contributed by atoms with Crippen molar-refractivity contribution in [1.29, 1.82) is 0 Å². The van der Waals surface area contributed by atoms with Gasteiger partial charge in [-0.05, 0) is 114 Å². The van der Waals surface area contributed by atoms with Crippen LogP contribution in [0.1, 0.15) is 80.9 Å². The number of methoxy groups -OCH3 is 1. The number of nitrogens with two attached hydrogens (primary N) is 1. The lowest BCUT2D eigenvalue weighted by molar-refractivity contribution is 0.0528. The van der Waals surface area contributed by atoms with Gasteiger partial charge in [-0.3, -0.25) is 9.36 Å². The van der Waals surface area contributed by atoms with E-state index in [1.807, 2.05) is 75.6 Å². The molecule has 3 amide bonds. The Morgan fingerprint density at radius 1 is 0.919 bits per heavy atom. The predicted octanol–water partition coefficient (Wildman–Crippen LogP) is 6.89. The molecule has 2 aromatic heterocycles. The normalized spacial score (nSPS) is 12.5. The number of hydrogen-bond acceptors (Lipinski definition) is 12. The van der Waals surface area contributed by atoms with Crippen LogP contribution in [0.5, 0.6) is 17.2 Å². The summed E-state index contributed by atoms with van der Waals surface area (Å²) in [7, 11) is 1.54. The van der Waals surface area contributed by atoms with E-state index in [1.165, 1.54) is 36.2 Å². The van der Waals surface area contributed by atoms with E-state index in [1.54, 1.807) is 4.90 Å². The van der Waals surface area contributed by atoms with Crippen LogP contribution in [0.4, 0.5) is 21.4 Å². The average molecular weight is 848 g/mol. The van der Waals surface area contributed by atoms with Gasteiger partial charge in [0, 0.05) is 50.0 Å². The molecule has 3 heterocycles. The second-order valence-electron chi connectivity index (χ2n) is 16.3. The zero-order valence-corrected chi connectivity index (χ0v) is 36.4. The molecule has 5 aromatic rings. The third-order valence-electron chi connectivity index (χ3n) is 10.1. The number of anilines is 2. The van der Waals surface area contributed by atoms with Crippen LogP contribution in [-0.2, 0) is 30.5 Å². The lowest BCUT2D eigenvalue weighted by Gasteiger charge is -2.26. The van der Waals surface area contributed by atoms with Crippen LogP contribution in [0.15, 0.2) is 78.0 Å². The Kier molecular flexibility index (Phi) is 15.0. The molecule has 328 valence electrons. The first-order chi connectivity index (χ1) is 29.8. The van der Waals surface area contributed by atoms with Crippen molar-refractivity contribution in [3.63, 3.8) is 0 Å². The standard InChI is InChI=1S/C46H57N9O7/c1-30(2)54(45(58)61-35-18-16-32(17-19-35)11-8-7-10-31-12-14-33(15-13-31)22-23-49-44(57)62-46(3,4)5)25-9-27-60-37-21-20-36-38(39(37)59-6)52-43(55-26-24-48-40(36)55)53-41(56)34-28-50-42(47)51-29-34/h12-21,28-30,48H,7-11,22-27H2,1-6H3,(H,49,57)(H2,47,50,51). The summed E-state index contributed by atoms with van der Waals surface area (Å²) in [6.07, 6.45) is 7.09. The molecule has 0 spiro atoms. The fourth-order valence-corrected chi connectivity index (χ4v) is 6.96. The van der Waals surface area contributed by atoms with Crippen molar-refractivity contribution in [2.75, 3.05) is 44.4 Å². The number of aromatic nitrogens is 4. The SMILES string of the molecule is COc1c(OCCCN(C(=O)Oc2ccc(CCCCc3ccc(CCNC(=O)OC(C)(C)C)cc3)cc2)C(C)C)ccc2c3n(c(=NC(=O)c4cnc(N)nc4)nc12)CCN3. The lowest BCUT2D eigenvalue weighted by Crippen LogP contribution is -2.40. The summed E-state index contributed by atoms with van der Waals surface area (Å²) < 4.78 is 24.9. The van der Waals surface area contributed by atoms with E-state index in [-0.39, 0.29) is 29.8 Å². The maximum atomic E-state index is 13.3. The number of alkyl carbamates (subject to hydrolysis) is 1. The number of benzene rings is 3. The van der Waals surface area contributed by atoms with Crippen molar-refractivity contribution < 1.29 is 33.3 Å². The number of aryl methyl sites for hydroxylation is 2. The van der Waals surface area contributed by atoms with Gasteiger partial charge in [0.15, 0.2) is 11.5 Å². The number of carbonyl (C=O) groups is 3. The van der Waals surface area contributed by atoms with Gasteiger partial charge in [-0.2, -0.15) is 4.99 Å². The summed E-state index contributed by atoms with van der Waals surface area (Å²) in [6.45, 7) is 11.9. The highest BCUT2D eigenvalue weighted by Gasteiger charge is 2.23. The summed E-state index contributed by atoms with van der Waals surface area (Å²) >= 11 is 0. The Morgan fingerprint density at radius 3 is 2.19 bits per heavy atom. The van der Waals surface area contributed by atoms with Gasteiger partial charge in [-0.15, -0.1) is 0 Å². The molecule has 3 aromatic carbocycles. The number of carbonyl (C=O) groups excluding carboxylic acids is 3. The van der Waals surface area contributed by atoms with E-state index >= 15 is 0 Å². The van der Waals surface area contributed by atoms with E-state index in [0.29, 0.717) is 55.4 Å². The zero-order chi connectivity index (χ0) is 44.2. The van der Waals surface area contributed by atoms with Crippen molar-refractivity contribution in [3.8, 4) is 17.2 Å². The molecule has 6 rings (SSSR count). The van der Waals surface area contributed by atoms with E-state index < -0.39 is 23.7 Å². The molecule has 0 aliphatic carbocycles. The van der Waals surface area contributed by atoms with Crippen LogP contribution in [0, 0.1) is 0 Å². The van der Waals surface area contributed by atoms with Crippen molar-refractivity contribution in [2.45, 2.75) is 91.3 Å². The van der Waals surface area contributed by atoms with E-state index in [9.17, 15) is 14.4 Å². The van der Waals surface area contributed by atoms with Gasteiger partial charge >= 0.3 is 12.2 Å². The third-order valence-corrected chi connectivity index (χ3v) is 10.1. The van der Waals surface area contributed by atoms with E-state index in [4.69, 9.17) is 29.7 Å². The molecule has 0 fully saturated rings. The maximum absolute atomic E-state index is 13.3. The van der Waals surface area contributed by atoms with Crippen molar-refractivity contribution in [1.82, 2.24) is 29.7 Å². The Hall–Kier alpha value is -6.71. The van der Waals surface area contributed by atoms with Gasteiger partial charge in [0.05, 0.1) is 19.3 Å². The van der Waals surface area contributed by atoms with Gasteiger partial charge in [-0.25, -0.2) is 24.5 Å². The molecule has 0 saturated heterocycles. The first kappa shape index (κ1) is 44.8. The molecule has 1 aliphatic rings. The summed E-state index contributed by atoms with van der Waals surface area (Å²) in [5, 5.41) is 6.96. The quantitative estimate of drug-likeness (QED) is 0.0821. The fourth-order valence-electron chi connectivity index (χ4n) is 6.96. The monoisotopic (exact) mass is 847 g/mol. The Labute approximate surface area is 361 Å². The molecule has 0 unspecified atom stereocenters. The predicted molar refractivity (Wildman–Crippen MR) is 237 cm³/mol. The number of nitrogen functional groups attached to an aromatic ring is 1. The van der Waals surface area contributed by atoms with Crippen molar-refractivity contribution >= 4 is 40.8 Å². The third kappa shape index (κ3) is 12.2. The topological polar surface area (TPSA) is 197 Å². The molecule has 0 atom stereocenters. The van der Waals surface area contributed by atoms with Crippen LogP contribution in [0.25, 0.3) is 10.9 Å². The number of amides is 3. The number of unbranched alkanes of at least 4 members (excludes halogenated alkanes) is 1. The highest BCUT2D eigenvalue weighted by atomic mass is 16.6. The summed E-state index contributed by atoms with van der Waals surface area (Å²) in [6, 6.07) is 19.9. The van der Waals surface area contributed by atoms with Crippen molar-refractivity contribution in [2.24, 2.45) is 4.99 Å². The number of rotatable bonds is 17. The molecular weight excluding hydrogens is 791 g/mol. The molecule has 16 nitrogen and oxygen atoms in total. The van der Waals surface area contributed by atoms with Gasteiger partial charge in [0.25, 0.3) is 5.91 Å². The summed E-state index contributed by atoms with van der Waals surface area (Å²) in [5.74, 6) is 1.63. The van der Waals surface area contributed by atoms with Crippen LogP contribution in [0.3, 0.4) is 0 Å². The average Bonchev–Trinajstić information content (AvgIpc) is 3.74. The van der Waals surface area contributed by atoms with Crippen LogP contribution in [0.2, 0.25) is 0 Å². The van der Waals surface area contributed by atoms with Crippen LogP contribution in [-0.4, -0.2) is 87.5 Å². The Balaban J connectivity index is 0.962. The summed E-state index contributed by atoms with van der Waals surface area (Å²) in [4.78, 5) is 56.7. The lowest BCUT2D eigenvalue weighted by atomic mass is 10.0. The molecule has 1 aliphatic heterocycles. The van der Waals surface area contributed by atoms with Crippen LogP contribution < -0.4 is 36.2 Å². The minimum Gasteiger partial charge on any atom is -0.491 e. The highest BCUT2D eigenvalue weighted by molar-refractivity contribution is 5.96. The largest absolute Gasteiger partial charge is 0.491 e. The Bertz CT molecular complexity index is 2390. The number of fused-ring (bicyclic) bond motifs is 3. The Morgan fingerprint density at radius 2 is 1.56 bits per heavy atom.